The van der Waals surface area contributed by atoms with Crippen molar-refractivity contribution in [1.29, 1.82) is 0 Å². The number of amides is 2. The minimum Gasteiger partial charge on any atom is -0.496 e. The van der Waals surface area contributed by atoms with E-state index < -0.39 is 11.9 Å². The lowest BCUT2D eigenvalue weighted by Gasteiger charge is -2.19. The van der Waals surface area contributed by atoms with Gasteiger partial charge >= 0.3 is 0 Å². The van der Waals surface area contributed by atoms with Crippen LogP contribution in [0.5, 0.6) is 5.75 Å². The fourth-order valence-electron chi connectivity index (χ4n) is 4.57. The predicted molar refractivity (Wildman–Crippen MR) is 164 cm³/mol. The highest BCUT2D eigenvalue weighted by Crippen LogP contribution is 2.30. The Morgan fingerprint density at radius 1 is 1.00 bits per heavy atom. The van der Waals surface area contributed by atoms with Gasteiger partial charge in [0.2, 0.25) is 5.91 Å². The second-order valence-electron chi connectivity index (χ2n) is 10.1. The molecule has 0 saturated heterocycles. The van der Waals surface area contributed by atoms with E-state index in [-0.39, 0.29) is 29.2 Å². The van der Waals surface area contributed by atoms with E-state index in [1.807, 2.05) is 6.07 Å². The zero-order valence-electron chi connectivity index (χ0n) is 24.0. The Bertz CT molecular complexity index is 1600. The van der Waals surface area contributed by atoms with Crippen molar-refractivity contribution in [2.45, 2.75) is 51.6 Å². The number of fused-ring (bicyclic) bond motifs is 1. The fourth-order valence-corrected chi connectivity index (χ4v) is 4.75. The number of carbonyl (C=O) groups is 3. The van der Waals surface area contributed by atoms with Crippen molar-refractivity contribution in [3.63, 3.8) is 0 Å². The normalized spacial score (nSPS) is 11.5. The van der Waals surface area contributed by atoms with Crippen LogP contribution in [0.15, 0.2) is 67.0 Å². The molecule has 0 unspecified atom stereocenters. The van der Waals surface area contributed by atoms with Gasteiger partial charge in [0.1, 0.15) is 35.5 Å². The quantitative estimate of drug-likeness (QED) is 0.148. The van der Waals surface area contributed by atoms with Crippen molar-refractivity contribution in [3.8, 4) is 5.75 Å². The van der Waals surface area contributed by atoms with Gasteiger partial charge in [-0.25, -0.2) is 14.4 Å². The number of Topliss-reactive ketones (excluding diaryl/α,β-unsaturated/α-hetero) is 1. The van der Waals surface area contributed by atoms with E-state index in [0.29, 0.717) is 58.5 Å². The lowest BCUT2D eigenvalue weighted by atomic mass is 10.0. The number of rotatable bonds is 14. The first kappa shape index (κ1) is 31.4. The summed E-state index contributed by atoms with van der Waals surface area (Å²) in [5.74, 6) is -0.126. The molecule has 0 bridgehead atoms. The molecule has 0 radical (unpaired) electrons. The number of nitrogens with zero attached hydrogens (tertiary/aromatic N) is 2. The van der Waals surface area contributed by atoms with E-state index in [4.69, 9.17) is 16.3 Å². The summed E-state index contributed by atoms with van der Waals surface area (Å²) in [6, 6.07) is 15.7. The second-order valence-corrected chi connectivity index (χ2v) is 10.5. The molecule has 43 heavy (non-hydrogen) atoms. The summed E-state index contributed by atoms with van der Waals surface area (Å²) < 4.78 is 19.2. The average Bonchev–Trinajstić information content (AvgIpc) is 3.00. The van der Waals surface area contributed by atoms with Crippen LogP contribution in [0.3, 0.4) is 0 Å². The maximum atomic E-state index is 13.7. The number of nitrogens with one attached hydrogen (secondary N) is 3. The van der Waals surface area contributed by atoms with Gasteiger partial charge in [-0.2, -0.15) is 0 Å². The van der Waals surface area contributed by atoms with Crippen molar-refractivity contribution >= 4 is 51.6 Å². The number of unbranched alkanes of at least 4 members (excludes halogenated alkanes) is 2. The van der Waals surface area contributed by atoms with Gasteiger partial charge in [-0.1, -0.05) is 42.6 Å². The lowest BCUT2D eigenvalue weighted by molar-refractivity contribution is -0.123. The van der Waals surface area contributed by atoms with Crippen molar-refractivity contribution < 1.29 is 23.5 Å². The topological polar surface area (TPSA) is 122 Å². The molecule has 0 aliphatic rings. The number of hydrogen-bond donors (Lipinski definition) is 3. The molecule has 2 amide bonds. The molecule has 3 aromatic carbocycles. The number of ether oxygens (including phenoxy) is 1. The standard InChI is InChI=1S/C32H33ClFN5O4/c1-20(40)9-5-3-8-12-27(39-31(41)21-10-6-4-7-11-21)32(42)35-18-22-15-24-28(17-29(22)43-2)36-19-37-30(24)38-23-13-14-26(34)25(33)16-23/h4,6-7,10-11,13-17,19,27H,3,5,8-9,12,18H2,1-2H3,(H,35,42)(H,39,41)(H,36,37,38)/t27-/m0/s1. The van der Waals surface area contributed by atoms with Crippen molar-refractivity contribution in [2.24, 2.45) is 0 Å². The molecule has 4 aromatic rings. The smallest absolute Gasteiger partial charge is 0.251 e. The van der Waals surface area contributed by atoms with Crippen LogP contribution >= 0.6 is 11.6 Å². The molecule has 0 fully saturated rings. The second kappa shape index (κ2) is 15.1. The third-order valence-electron chi connectivity index (χ3n) is 6.85. The van der Waals surface area contributed by atoms with Gasteiger partial charge in [0.25, 0.3) is 5.91 Å². The zero-order valence-corrected chi connectivity index (χ0v) is 24.7. The first-order valence-electron chi connectivity index (χ1n) is 13.9. The SMILES string of the molecule is COc1cc2ncnc(Nc3ccc(F)c(Cl)c3)c2cc1CNC(=O)[C@H](CCCCCC(C)=O)NC(=O)c1ccccc1. The molecule has 1 atom stereocenters. The third kappa shape index (κ3) is 8.71. The third-order valence-corrected chi connectivity index (χ3v) is 7.14. The Kier molecular flexibility index (Phi) is 11.0. The van der Waals surface area contributed by atoms with Crippen LogP contribution in [-0.4, -0.2) is 40.7 Å². The van der Waals surface area contributed by atoms with Gasteiger partial charge in [-0.05, 0) is 56.2 Å². The first-order chi connectivity index (χ1) is 20.7. The van der Waals surface area contributed by atoms with Gasteiger partial charge in [0.15, 0.2) is 0 Å². The van der Waals surface area contributed by atoms with E-state index in [9.17, 15) is 18.8 Å². The van der Waals surface area contributed by atoms with Gasteiger partial charge in [-0.3, -0.25) is 9.59 Å². The van der Waals surface area contributed by atoms with Crippen LogP contribution < -0.4 is 20.7 Å². The van der Waals surface area contributed by atoms with Crippen molar-refractivity contribution in [3.05, 3.63) is 89.0 Å². The monoisotopic (exact) mass is 605 g/mol. The summed E-state index contributed by atoms with van der Waals surface area (Å²) in [5.41, 5.74) is 2.25. The van der Waals surface area contributed by atoms with Crippen LogP contribution in [0.1, 0.15) is 54.9 Å². The Hall–Kier alpha value is -4.57. The largest absolute Gasteiger partial charge is 0.496 e. The Morgan fingerprint density at radius 3 is 2.51 bits per heavy atom. The van der Waals surface area contributed by atoms with Crippen LogP contribution in [0.4, 0.5) is 15.9 Å². The van der Waals surface area contributed by atoms with Crippen LogP contribution in [0.2, 0.25) is 5.02 Å². The van der Waals surface area contributed by atoms with Crippen molar-refractivity contribution in [2.75, 3.05) is 12.4 Å². The molecule has 1 aromatic heterocycles. The highest BCUT2D eigenvalue weighted by molar-refractivity contribution is 6.31. The molecular formula is C32H33ClFN5O4. The molecule has 224 valence electrons. The van der Waals surface area contributed by atoms with Gasteiger partial charge < -0.3 is 25.5 Å². The van der Waals surface area contributed by atoms with E-state index in [2.05, 4.69) is 25.9 Å². The molecule has 0 aliphatic heterocycles. The molecule has 11 heteroatoms. The minimum absolute atomic E-state index is 0.0267. The number of carbonyl (C=O) groups excluding carboxylic acids is 3. The number of anilines is 2. The fraction of sp³-hybridized carbons (Fsp3) is 0.281. The van der Waals surface area contributed by atoms with Crippen LogP contribution in [0, 0.1) is 5.82 Å². The Labute approximate surface area is 254 Å². The molecule has 9 nitrogen and oxygen atoms in total. The number of benzene rings is 3. The lowest BCUT2D eigenvalue weighted by Crippen LogP contribution is -2.46. The minimum atomic E-state index is -0.778. The van der Waals surface area contributed by atoms with Gasteiger partial charge in [0.05, 0.1) is 17.6 Å². The number of hydrogen-bond acceptors (Lipinski definition) is 7. The molecule has 0 aliphatic carbocycles. The predicted octanol–water partition coefficient (Wildman–Crippen LogP) is 6.13. The number of halogens is 2. The number of aromatic nitrogens is 2. The van der Waals surface area contributed by atoms with E-state index in [1.165, 1.54) is 25.6 Å². The maximum Gasteiger partial charge on any atom is 0.251 e. The molecule has 0 saturated carbocycles. The first-order valence-corrected chi connectivity index (χ1v) is 14.3. The molecular weight excluding hydrogens is 573 g/mol. The number of ketones is 1. The molecule has 4 rings (SSSR count). The Balaban J connectivity index is 1.51. The molecule has 3 N–H and O–H groups in total. The summed E-state index contributed by atoms with van der Waals surface area (Å²) in [4.78, 5) is 46.2. The van der Waals surface area contributed by atoms with Gasteiger partial charge in [-0.15, -0.1) is 0 Å². The Morgan fingerprint density at radius 2 is 1.79 bits per heavy atom. The highest BCUT2D eigenvalue weighted by atomic mass is 35.5. The zero-order chi connectivity index (χ0) is 30.8. The van der Waals surface area contributed by atoms with Crippen LogP contribution in [0.25, 0.3) is 10.9 Å². The van der Waals surface area contributed by atoms with Crippen LogP contribution in [-0.2, 0) is 16.1 Å². The van der Waals surface area contributed by atoms with E-state index in [0.717, 1.165) is 12.8 Å². The summed E-state index contributed by atoms with van der Waals surface area (Å²) in [6.45, 7) is 1.66. The van der Waals surface area contributed by atoms with E-state index in [1.54, 1.807) is 49.4 Å². The summed E-state index contributed by atoms with van der Waals surface area (Å²) in [6.07, 6.45) is 4.46. The summed E-state index contributed by atoms with van der Waals surface area (Å²) in [7, 11) is 1.53. The number of methoxy groups -OCH3 is 1. The molecule has 1 heterocycles. The van der Waals surface area contributed by atoms with Crippen molar-refractivity contribution in [1.82, 2.24) is 20.6 Å². The van der Waals surface area contributed by atoms with E-state index >= 15 is 0 Å². The maximum absolute atomic E-state index is 13.7. The molecule has 0 spiro atoms. The summed E-state index contributed by atoms with van der Waals surface area (Å²) >= 11 is 5.94. The average molecular weight is 606 g/mol. The highest BCUT2D eigenvalue weighted by Gasteiger charge is 2.22. The summed E-state index contributed by atoms with van der Waals surface area (Å²) in [5, 5.41) is 9.55. The van der Waals surface area contributed by atoms with Gasteiger partial charge in [0, 0.05) is 41.2 Å².